The summed E-state index contributed by atoms with van der Waals surface area (Å²) in [6, 6.07) is 130. The zero-order valence-electron chi connectivity index (χ0n) is 52.3. The number of nitrogens with zero attached hydrogens (tertiary/aromatic N) is 4. The van der Waals surface area contributed by atoms with Crippen molar-refractivity contribution < 1.29 is 0 Å². The molecule has 2 aromatic heterocycles. The maximum Gasteiger partial charge on any atom is 0.252 e. The van der Waals surface area contributed by atoms with Crippen LogP contribution in [0.2, 0.25) is 0 Å². The van der Waals surface area contributed by atoms with Crippen LogP contribution in [-0.2, 0) is 5.41 Å². The van der Waals surface area contributed by atoms with Gasteiger partial charge in [0.2, 0.25) is 0 Å². The largest absolute Gasteiger partial charge is 0.311 e. The normalized spacial score (nSPS) is 13.4. The van der Waals surface area contributed by atoms with E-state index in [0.29, 0.717) is 0 Å². The number of benzene rings is 15. The summed E-state index contributed by atoms with van der Waals surface area (Å²) >= 11 is 0. The summed E-state index contributed by atoms with van der Waals surface area (Å²) in [7, 11) is 0. The molecule has 444 valence electrons. The maximum absolute atomic E-state index is 2.66. The summed E-state index contributed by atoms with van der Waals surface area (Å²) in [6.45, 7) is -0.253. The molecule has 1 spiro atoms. The Kier molecular flexibility index (Phi) is 11.2. The molecule has 0 amide bonds. The number of para-hydroxylation sites is 6. The van der Waals surface area contributed by atoms with Gasteiger partial charge in [0.1, 0.15) is 0 Å². The predicted octanol–water partition coefficient (Wildman–Crippen LogP) is 21.3. The van der Waals surface area contributed by atoms with Crippen molar-refractivity contribution in [1.29, 1.82) is 0 Å². The van der Waals surface area contributed by atoms with E-state index in [2.05, 4.69) is 365 Å². The Morgan fingerprint density at radius 1 is 0.219 bits per heavy atom. The van der Waals surface area contributed by atoms with E-state index >= 15 is 0 Å². The zero-order chi connectivity index (χ0) is 62.7. The van der Waals surface area contributed by atoms with Crippen LogP contribution in [0.1, 0.15) is 22.3 Å². The Labute approximate surface area is 556 Å². The fourth-order valence-corrected chi connectivity index (χ4v) is 17.6. The second-order valence-electron chi connectivity index (χ2n) is 26.2. The monoisotopic (exact) mass is 1220 g/mol. The average Bonchev–Trinajstić information content (AvgIpc) is 1.43. The summed E-state index contributed by atoms with van der Waals surface area (Å²) < 4.78 is 4.99. The third-order valence-electron chi connectivity index (χ3n) is 21.5. The van der Waals surface area contributed by atoms with Crippen molar-refractivity contribution in [2.24, 2.45) is 0 Å². The SMILES string of the molecule is c1ccc(-c2ccccc2N2c3cc4c5ccccc5n(-c5ccccc5)c4cc3B3c4cc5c(cc4N(c4ccccc4-c4ccccc4)c4cc(-c6ccc7c(c6)C6(c8ccccc8-c8ccccc86)c6ccccc6-7)cc2c43)c2ccccc2n5-c2ccccc2)cc1. The Morgan fingerprint density at radius 2 is 0.594 bits per heavy atom. The molecule has 17 aromatic rings. The minimum atomic E-state index is -0.531. The molecule has 15 aromatic carbocycles. The number of hydrogen-bond donors (Lipinski definition) is 0. The lowest BCUT2D eigenvalue weighted by atomic mass is 9.33. The molecule has 5 heteroatoms. The molecule has 0 N–H and O–H groups in total. The number of hydrogen-bond acceptors (Lipinski definition) is 2. The molecular weight excluding hydrogens is 1160 g/mol. The number of fused-ring (bicyclic) bond motifs is 20. The molecule has 96 heavy (non-hydrogen) atoms. The number of aromatic nitrogens is 2. The minimum absolute atomic E-state index is 0.253. The van der Waals surface area contributed by atoms with Crippen LogP contribution >= 0.6 is 0 Å². The third-order valence-corrected chi connectivity index (χ3v) is 21.5. The van der Waals surface area contributed by atoms with Crippen molar-refractivity contribution in [3.05, 3.63) is 368 Å². The van der Waals surface area contributed by atoms with Gasteiger partial charge in [0.15, 0.2) is 0 Å². The van der Waals surface area contributed by atoms with Crippen LogP contribution in [0.4, 0.5) is 34.1 Å². The molecule has 0 unspecified atom stereocenters. The van der Waals surface area contributed by atoms with Gasteiger partial charge in [-0.1, -0.05) is 255 Å². The van der Waals surface area contributed by atoms with Gasteiger partial charge < -0.3 is 18.9 Å². The van der Waals surface area contributed by atoms with Crippen LogP contribution in [0.25, 0.3) is 111 Å². The predicted molar refractivity (Wildman–Crippen MR) is 402 cm³/mol. The van der Waals surface area contributed by atoms with Gasteiger partial charge >= 0.3 is 0 Å². The topological polar surface area (TPSA) is 16.3 Å². The van der Waals surface area contributed by atoms with Crippen molar-refractivity contribution >= 4 is 101 Å². The molecule has 4 nitrogen and oxygen atoms in total. The quantitative estimate of drug-likeness (QED) is 0.148. The molecule has 0 radical (unpaired) electrons. The van der Waals surface area contributed by atoms with E-state index in [9.17, 15) is 0 Å². The van der Waals surface area contributed by atoms with Gasteiger partial charge in [0, 0.05) is 66.8 Å². The van der Waals surface area contributed by atoms with Gasteiger partial charge in [-0.3, -0.25) is 0 Å². The van der Waals surface area contributed by atoms with Crippen LogP contribution in [0, 0.1) is 0 Å². The molecular formula is C91H57BN4. The van der Waals surface area contributed by atoms with Crippen molar-refractivity contribution in [2.45, 2.75) is 5.41 Å². The molecule has 0 saturated carbocycles. The molecule has 2 aliphatic heterocycles. The highest BCUT2D eigenvalue weighted by molar-refractivity contribution is 7.00. The molecule has 0 atom stereocenters. The van der Waals surface area contributed by atoms with Crippen LogP contribution < -0.4 is 26.2 Å². The van der Waals surface area contributed by atoms with Crippen LogP contribution in [0.3, 0.4) is 0 Å². The third kappa shape index (κ3) is 7.29. The highest BCUT2D eigenvalue weighted by Crippen LogP contribution is 2.63. The van der Waals surface area contributed by atoms with Gasteiger partial charge in [-0.2, -0.15) is 0 Å². The smallest absolute Gasteiger partial charge is 0.252 e. The van der Waals surface area contributed by atoms with Crippen molar-refractivity contribution in [3.8, 4) is 67.0 Å². The first-order valence-electron chi connectivity index (χ1n) is 33.4. The standard InChI is InChI=1S/C91H57BN4/c1-5-27-58(28-6-1)64-35-16-23-45-80(64)95-86-54-72-70-40-18-25-47-82(70)93(62-31-9-3-10-32-62)84(72)56-78(86)92-79-57-85-73(71-41-19-26-48-83(71)94(85)63-33-11-4-12-34-63)55-87(79)96(81-46-24-17-36-65(81)59-29-7-2-8-30-59)89-53-61(52-88(95)90(89)92)60-49-50-69-68-39-15-22-44-76(68)91(77(69)51-60)74-42-20-13-37-66(74)67-38-14-21-43-75(67)91/h1-57H. The fraction of sp³-hybridized carbons (Fsp3) is 0.0110. The lowest BCUT2D eigenvalue weighted by Crippen LogP contribution is -2.61. The Hall–Kier alpha value is -12.4. The molecule has 21 rings (SSSR count). The fourth-order valence-electron chi connectivity index (χ4n) is 17.6. The second kappa shape index (κ2) is 20.3. The summed E-state index contributed by atoms with van der Waals surface area (Å²) in [5, 5.41) is 4.82. The van der Waals surface area contributed by atoms with Gasteiger partial charge in [-0.25, -0.2) is 0 Å². The van der Waals surface area contributed by atoms with E-state index in [4.69, 9.17) is 0 Å². The molecule has 0 fully saturated rings. The van der Waals surface area contributed by atoms with Crippen molar-refractivity contribution in [2.75, 3.05) is 9.80 Å². The minimum Gasteiger partial charge on any atom is -0.311 e. The van der Waals surface area contributed by atoms with Gasteiger partial charge in [-0.05, 0) is 174 Å². The van der Waals surface area contributed by atoms with E-state index < -0.39 is 5.41 Å². The van der Waals surface area contributed by atoms with Crippen LogP contribution in [0.15, 0.2) is 346 Å². The summed E-state index contributed by atoms with van der Waals surface area (Å²) in [4.78, 5) is 5.31. The van der Waals surface area contributed by atoms with Gasteiger partial charge in [0.25, 0.3) is 6.71 Å². The Morgan fingerprint density at radius 3 is 1.05 bits per heavy atom. The highest BCUT2D eigenvalue weighted by Gasteiger charge is 2.52. The maximum atomic E-state index is 2.66. The van der Waals surface area contributed by atoms with E-state index in [0.717, 1.165) is 78.9 Å². The van der Waals surface area contributed by atoms with Gasteiger partial charge in [-0.15, -0.1) is 0 Å². The molecule has 4 aliphatic rings. The Balaban J connectivity index is 0.935. The molecule has 2 aliphatic carbocycles. The van der Waals surface area contributed by atoms with E-state index in [1.54, 1.807) is 0 Å². The number of anilines is 6. The molecule has 0 saturated heterocycles. The average molecular weight is 1220 g/mol. The second-order valence-corrected chi connectivity index (χ2v) is 26.2. The van der Waals surface area contributed by atoms with Crippen molar-refractivity contribution in [3.63, 3.8) is 0 Å². The summed E-state index contributed by atoms with van der Waals surface area (Å²) in [6.07, 6.45) is 0. The lowest BCUT2D eigenvalue weighted by molar-refractivity contribution is 0.794. The zero-order valence-corrected chi connectivity index (χ0v) is 52.3. The van der Waals surface area contributed by atoms with Gasteiger partial charge in [0.05, 0.1) is 38.9 Å². The molecule has 0 bridgehead atoms. The Bertz CT molecular complexity index is 5770. The first-order valence-corrected chi connectivity index (χ1v) is 33.4. The number of rotatable bonds is 7. The van der Waals surface area contributed by atoms with E-state index in [1.165, 1.54) is 105 Å². The van der Waals surface area contributed by atoms with Crippen LogP contribution in [-0.4, -0.2) is 15.8 Å². The summed E-state index contributed by atoms with van der Waals surface area (Å²) in [5.74, 6) is 0. The highest BCUT2D eigenvalue weighted by atomic mass is 15.2. The van der Waals surface area contributed by atoms with Crippen molar-refractivity contribution in [1.82, 2.24) is 9.13 Å². The van der Waals surface area contributed by atoms with Crippen LogP contribution in [0.5, 0.6) is 0 Å². The van der Waals surface area contributed by atoms with E-state index in [-0.39, 0.29) is 6.71 Å². The first-order chi connectivity index (χ1) is 47.7. The summed E-state index contributed by atoms with van der Waals surface area (Å²) in [5.41, 5.74) is 34.3. The van der Waals surface area contributed by atoms with E-state index in [1.807, 2.05) is 0 Å². The molecule has 4 heterocycles. The lowest BCUT2D eigenvalue weighted by Gasteiger charge is -2.45. The first kappa shape index (κ1) is 53.1.